The van der Waals surface area contributed by atoms with Gasteiger partial charge in [-0.25, -0.2) is 8.78 Å². The Kier molecular flexibility index (Phi) is 16.0. The fourth-order valence-electron chi connectivity index (χ4n) is 21.4. The molecule has 0 bridgehead atoms. The lowest BCUT2D eigenvalue weighted by Gasteiger charge is -2.51. The molecule has 0 fully saturated rings. The minimum atomic E-state index is -1.37. The summed E-state index contributed by atoms with van der Waals surface area (Å²) in [6.45, 7) is 4.24. The fourth-order valence-corrected chi connectivity index (χ4v) is 21.4. The van der Waals surface area contributed by atoms with E-state index in [4.69, 9.17) is 8.83 Å². The molecule has 0 saturated heterocycles. The van der Waals surface area contributed by atoms with Crippen molar-refractivity contribution in [1.29, 1.82) is 0 Å². The number of para-hydroxylation sites is 4. The lowest BCUT2D eigenvalue weighted by Crippen LogP contribution is -2.50. The second-order valence-corrected chi connectivity index (χ2v) is 32.6. The fraction of sp³-hybridized carbons (Fsp3) is 0.0345. The summed E-state index contributed by atoms with van der Waals surface area (Å²) in [6.07, 6.45) is 0. The number of nitrogens with zero attached hydrogens (tertiary/aromatic N) is 2. The smallest absolute Gasteiger partial charge is 0.159 e. The number of benzene rings is 20. The minimum Gasteiger partial charge on any atom is -0.454 e. The van der Waals surface area contributed by atoms with Crippen molar-refractivity contribution in [3.63, 3.8) is 0 Å². The van der Waals surface area contributed by atoms with Crippen molar-refractivity contribution in [1.82, 2.24) is 0 Å². The average molecular weight is 1570 g/mol. The molecule has 2 aromatic heterocycles. The Bertz CT molecular complexity index is 7620. The van der Waals surface area contributed by atoms with Crippen LogP contribution >= 0.6 is 0 Å². The molecule has 4 nitrogen and oxygen atoms in total. The van der Waals surface area contributed by atoms with E-state index in [9.17, 15) is 0 Å². The van der Waals surface area contributed by atoms with Crippen LogP contribution in [0.1, 0.15) is 44.5 Å². The molecular weight excluding hydrogens is 1490 g/mol. The molecule has 6 heteroatoms. The molecule has 0 spiro atoms. The predicted molar refractivity (Wildman–Crippen MR) is 501 cm³/mol. The van der Waals surface area contributed by atoms with E-state index in [-0.39, 0.29) is 0 Å². The van der Waals surface area contributed by atoms with Crippen molar-refractivity contribution in [3.8, 4) is 66.8 Å². The summed E-state index contributed by atoms with van der Waals surface area (Å²) in [5, 5.41) is 11.7. The molecule has 2 aliphatic rings. The van der Waals surface area contributed by atoms with Crippen LogP contribution in [0.3, 0.4) is 0 Å². The van der Waals surface area contributed by atoms with Gasteiger partial charge in [-0.2, -0.15) is 0 Å². The Morgan fingerprint density at radius 3 is 0.967 bits per heavy atom. The molecule has 122 heavy (non-hydrogen) atoms. The number of hydrogen-bond donors (Lipinski definition) is 0. The quantitative estimate of drug-likeness (QED) is 0.115. The van der Waals surface area contributed by atoms with E-state index in [1.165, 1.54) is 0 Å². The van der Waals surface area contributed by atoms with E-state index in [1.54, 1.807) is 12.1 Å². The van der Waals surface area contributed by atoms with Crippen LogP contribution in [0.15, 0.2) is 421 Å². The minimum absolute atomic E-state index is 0.355. The molecule has 0 radical (unpaired) electrons. The van der Waals surface area contributed by atoms with Crippen molar-refractivity contribution >= 4 is 121 Å². The summed E-state index contributed by atoms with van der Waals surface area (Å²) >= 11 is 0. The first-order valence-corrected chi connectivity index (χ1v) is 41.8. The van der Waals surface area contributed by atoms with Crippen LogP contribution in [0.5, 0.6) is 0 Å². The van der Waals surface area contributed by atoms with Crippen LogP contribution in [0.25, 0.3) is 154 Å². The van der Waals surface area contributed by atoms with Crippen LogP contribution in [0.4, 0.5) is 42.9 Å². The molecule has 0 aliphatic heterocycles. The van der Waals surface area contributed by atoms with Gasteiger partial charge in [-0.15, -0.1) is 0 Å². The predicted octanol–water partition coefficient (Wildman–Crippen LogP) is 31.9. The molecule has 574 valence electrons. The monoisotopic (exact) mass is 1560 g/mol. The summed E-state index contributed by atoms with van der Waals surface area (Å²) in [7, 11) is 0. The van der Waals surface area contributed by atoms with Gasteiger partial charge in [0.25, 0.3) is 0 Å². The Labute approximate surface area is 704 Å². The highest BCUT2D eigenvalue weighted by Gasteiger charge is 2.66. The molecular formula is C116H74F2N2O2. The number of fused-ring (bicyclic) bond motifs is 20. The normalized spacial score (nSPS) is 14.6. The van der Waals surface area contributed by atoms with Crippen molar-refractivity contribution in [2.75, 3.05) is 9.80 Å². The van der Waals surface area contributed by atoms with Gasteiger partial charge < -0.3 is 18.6 Å². The second-order valence-electron chi connectivity index (χ2n) is 32.6. The third-order valence-electron chi connectivity index (χ3n) is 26.4. The summed E-state index contributed by atoms with van der Waals surface area (Å²) in [6, 6.07) is 146. The van der Waals surface area contributed by atoms with Gasteiger partial charge in [0.1, 0.15) is 22.8 Å². The maximum atomic E-state index is 20.1. The SMILES string of the molecule is Cc1ccccc1-c1cc(-c2ccccc2)cc(F)c1N(c1cc2c(c3ccccc13)-c1c(ccc3ccccc13)C2(c1ccccc1)C1(c2ccccc2)c2ccc3ccccc3c2-c2c1cc(N(c1c(F)cc(-c3ccccc3)cc1-c1ccccc1C)c1cccc3c1oc1ccccc13)c1ccccc21)c1cccc2c1oc1ccccc12. The van der Waals surface area contributed by atoms with Gasteiger partial charge in [-0.1, -0.05) is 352 Å². The number of anilines is 6. The zero-order chi connectivity index (χ0) is 81.1. The van der Waals surface area contributed by atoms with Crippen LogP contribution in [-0.2, 0) is 10.8 Å². The summed E-state index contributed by atoms with van der Waals surface area (Å²) in [4.78, 5) is 4.42. The van der Waals surface area contributed by atoms with E-state index in [2.05, 4.69) is 363 Å². The molecule has 2 atom stereocenters. The van der Waals surface area contributed by atoms with Crippen molar-refractivity contribution in [2.24, 2.45) is 0 Å². The zero-order valence-corrected chi connectivity index (χ0v) is 66.7. The van der Waals surface area contributed by atoms with Crippen molar-refractivity contribution in [2.45, 2.75) is 24.7 Å². The number of aryl methyl sites for hydroxylation is 2. The molecule has 24 rings (SSSR count). The number of rotatable bonds is 13. The van der Waals surface area contributed by atoms with Crippen LogP contribution in [0.2, 0.25) is 0 Å². The van der Waals surface area contributed by atoms with Gasteiger partial charge in [0, 0.05) is 43.4 Å². The van der Waals surface area contributed by atoms with Gasteiger partial charge >= 0.3 is 0 Å². The molecule has 2 unspecified atom stereocenters. The maximum Gasteiger partial charge on any atom is 0.159 e. The van der Waals surface area contributed by atoms with E-state index in [1.807, 2.05) is 60.7 Å². The van der Waals surface area contributed by atoms with Crippen molar-refractivity contribution < 1.29 is 17.6 Å². The Balaban J connectivity index is 0.915. The van der Waals surface area contributed by atoms with Crippen LogP contribution < -0.4 is 9.80 Å². The summed E-state index contributed by atoms with van der Waals surface area (Å²) < 4.78 is 54.8. The van der Waals surface area contributed by atoms with Gasteiger partial charge in [0.05, 0.1) is 45.0 Å². The van der Waals surface area contributed by atoms with Gasteiger partial charge in [0.2, 0.25) is 0 Å². The first-order valence-electron chi connectivity index (χ1n) is 41.8. The van der Waals surface area contributed by atoms with Gasteiger partial charge in [-0.05, 0) is 207 Å². The Hall–Kier alpha value is -15.5. The molecule has 2 heterocycles. The summed E-state index contributed by atoms with van der Waals surface area (Å²) in [5.74, 6) is -0.840. The number of furan rings is 2. The third kappa shape index (κ3) is 10.2. The second kappa shape index (κ2) is 27.5. The van der Waals surface area contributed by atoms with E-state index in [0.717, 1.165) is 176 Å². The Morgan fingerprint density at radius 2 is 0.557 bits per heavy atom. The van der Waals surface area contributed by atoms with Crippen molar-refractivity contribution in [3.05, 3.63) is 469 Å². The highest BCUT2D eigenvalue weighted by molar-refractivity contribution is 6.22. The van der Waals surface area contributed by atoms with Crippen LogP contribution in [-0.4, -0.2) is 0 Å². The highest BCUT2D eigenvalue weighted by Crippen LogP contribution is 2.74. The zero-order valence-electron chi connectivity index (χ0n) is 66.7. The lowest BCUT2D eigenvalue weighted by molar-refractivity contribution is 0.438. The topological polar surface area (TPSA) is 32.8 Å². The van der Waals surface area contributed by atoms with E-state index in [0.29, 0.717) is 56.2 Å². The van der Waals surface area contributed by atoms with E-state index >= 15 is 8.78 Å². The van der Waals surface area contributed by atoms with Gasteiger partial charge in [0.15, 0.2) is 11.2 Å². The third-order valence-corrected chi connectivity index (χ3v) is 26.4. The number of hydrogen-bond acceptors (Lipinski definition) is 4. The maximum absolute atomic E-state index is 20.1. The van der Waals surface area contributed by atoms with E-state index < -0.39 is 22.5 Å². The largest absolute Gasteiger partial charge is 0.454 e. The average Bonchev–Trinajstić information content (AvgIpc) is 1.46. The summed E-state index contributed by atoms with van der Waals surface area (Å²) in [5.41, 5.74) is 22.2. The molecule has 22 aromatic rings. The lowest BCUT2D eigenvalue weighted by atomic mass is 9.49. The molecule has 20 aromatic carbocycles. The van der Waals surface area contributed by atoms with Crippen LogP contribution in [0, 0.1) is 25.5 Å². The number of halogens is 2. The standard InChI is InChI=1S/C116H74F2N2O2/c1-71-33-15-19-45-81(71)93-65-77(73-35-7-3-8-36-73)67-99(117)111(93)119(101-57-31-55-91-87-51-27-29-59-105(87)121-113(91)101)103-69-97-109(89-53-25-23-49-85(89)103)107-83-47-21-17-39-75(83)61-63-95(107)115(97,79-41-11-5-12-42-79)116(80-43-13-6-14-44-80)96-64-62-76-40-18-22-48-84(76)108(96)110-90-54-26-24-50-86(90)104(70-98(110)116)120(102-58-32-56-92-88-52-28-30-60-106(88)122-114(92)102)112-94(82-46-20-16-34-72(82)2)66-78(68-100(112)118)74-37-9-4-10-38-74/h3-70H,1-2H3. The molecule has 0 amide bonds. The molecule has 2 aliphatic carbocycles. The molecule has 0 N–H and O–H groups in total. The van der Waals surface area contributed by atoms with Gasteiger partial charge in [-0.3, -0.25) is 0 Å². The molecule has 0 saturated carbocycles. The first-order chi connectivity index (χ1) is 60.2. The highest BCUT2D eigenvalue weighted by atomic mass is 19.1. The first kappa shape index (κ1) is 70.7. The Morgan fingerprint density at radius 1 is 0.230 bits per heavy atom.